The zero-order valence-corrected chi connectivity index (χ0v) is 13.5. The molecule has 0 amide bonds. The second-order valence-corrected chi connectivity index (χ2v) is 9.04. The van der Waals surface area contributed by atoms with Crippen molar-refractivity contribution >= 4 is 10.0 Å². The van der Waals surface area contributed by atoms with Crippen LogP contribution in [0.15, 0.2) is 24.3 Å². The second kappa shape index (κ2) is 5.07. The molecule has 1 saturated carbocycles. The molecule has 1 aromatic rings. The Labute approximate surface area is 126 Å². The lowest BCUT2D eigenvalue weighted by Crippen LogP contribution is -2.44. The third-order valence-corrected chi connectivity index (χ3v) is 7.02. The molecule has 0 radical (unpaired) electrons. The first-order chi connectivity index (χ1) is 9.90. The van der Waals surface area contributed by atoms with E-state index in [9.17, 15) is 8.42 Å². The standard InChI is InChI=1S/C16H23NO3S/c1-15(9-13-5-3-4-6-14(13)10-15)11-17-21(18,19)16(7-8-16)12-20-2/h3-6,17H,7-12H2,1-2H3. The van der Waals surface area contributed by atoms with Gasteiger partial charge in [-0.25, -0.2) is 13.1 Å². The summed E-state index contributed by atoms with van der Waals surface area (Å²) in [6, 6.07) is 8.38. The van der Waals surface area contributed by atoms with Crippen molar-refractivity contribution in [2.75, 3.05) is 20.3 Å². The van der Waals surface area contributed by atoms with Crippen LogP contribution in [-0.2, 0) is 27.6 Å². The molecule has 0 aliphatic heterocycles. The highest BCUT2D eigenvalue weighted by Crippen LogP contribution is 2.44. The van der Waals surface area contributed by atoms with Crippen LogP contribution in [0.25, 0.3) is 0 Å². The number of nitrogens with one attached hydrogen (secondary N) is 1. The molecule has 21 heavy (non-hydrogen) atoms. The quantitative estimate of drug-likeness (QED) is 0.873. The smallest absolute Gasteiger partial charge is 0.219 e. The predicted molar refractivity (Wildman–Crippen MR) is 82.7 cm³/mol. The SMILES string of the molecule is COCC1(S(=O)(=O)NCC2(C)Cc3ccccc3C2)CC1. The lowest BCUT2D eigenvalue weighted by Gasteiger charge is -2.26. The maximum absolute atomic E-state index is 12.5. The summed E-state index contributed by atoms with van der Waals surface area (Å²) in [5, 5.41) is 0. The summed E-state index contributed by atoms with van der Waals surface area (Å²) in [5.41, 5.74) is 2.66. The third kappa shape index (κ3) is 2.74. The highest BCUT2D eigenvalue weighted by molar-refractivity contribution is 7.91. The van der Waals surface area contributed by atoms with E-state index in [2.05, 4.69) is 23.8 Å². The Morgan fingerprint density at radius 2 is 1.76 bits per heavy atom. The maximum atomic E-state index is 12.5. The molecule has 1 aromatic carbocycles. The molecule has 3 rings (SSSR count). The molecule has 2 aliphatic rings. The van der Waals surface area contributed by atoms with Crippen molar-refractivity contribution in [1.29, 1.82) is 0 Å². The lowest BCUT2D eigenvalue weighted by atomic mass is 9.88. The normalized spacial score (nSPS) is 22.0. The van der Waals surface area contributed by atoms with E-state index in [1.54, 1.807) is 7.11 Å². The highest BCUT2D eigenvalue weighted by Gasteiger charge is 2.55. The molecule has 0 aromatic heterocycles. The molecule has 4 nitrogen and oxygen atoms in total. The number of methoxy groups -OCH3 is 1. The Bertz CT molecular complexity index is 610. The summed E-state index contributed by atoms with van der Waals surface area (Å²) in [7, 11) is -1.74. The number of benzene rings is 1. The fourth-order valence-corrected chi connectivity index (χ4v) is 5.08. The summed E-state index contributed by atoms with van der Waals surface area (Å²) in [4.78, 5) is 0. The molecule has 0 spiro atoms. The first-order valence-electron chi connectivity index (χ1n) is 7.45. The average Bonchev–Trinajstić information content (AvgIpc) is 3.14. The number of hydrogen-bond donors (Lipinski definition) is 1. The number of sulfonamides is 1. The average molecular weight is 309 g/mol. The molecular weight excluding hydrogens is 286 g/mol. The Morgan fingerprint density at radius 1 is 1.19 bits per heavy atom. The van der Waals surface area contributed by atoms with Crippen LogP contribution in [0.2, 0.25) is 0 Å². The Kier molecular flexibility index (Phi) is 3.62. The zero-order chi connectivity index (χ0) is 15.1. The van der Waals surface area contributed by atoms with Crippen LogP contribution in [0.5, 0.6) is 0 Å². The van der Waals surface area contributed by atoms with Gasteiger partial charge in [0, 0.05) is 13.7 Å². The van der Waals surface area contributed by atoms with Gasteiger partial charge in [-0.15, -0.1) is 0 Å². The first-order valence-corrected chi connectivity index (χ1v) is 8.93. The van der Waals surface area contributed by atoms with E-state index in [0.29, 0.717) is 26.0 Å². The summed E-state index contributed by atoms with van der Waals surface area (Å²) in [6.45, 7) is 2.94. The molecule has 2 aliphatic carbocycles. The van der Waals surface area contributed by atoms with E-state index in [-0.39, 0.29) is 5.41 Å². The topological polar surface area (TPSA) is 55.4 Å². The van der Waals surface area contributed by atoms with Gasteiger partial charge in [0.15, 0.2) is 0 Å². The van der Waals surface area contributed by atoms with Gasteiger partial charge in [-0.3, -0.25) is 0 Å². The van der Waals surface area contributed by atoms with Crippen LogP contribution in [0.3, 0.4) is 0 Å². The molecule has 0 saturated heterocycles. The predicted octanol–water partition coefficient (Wildman–Crippen LogP) is 1.89. The Balaban J connectivity index is 1.66. The van der Waals surface area contributed by atoms with Gasteiger partial charge in [0.1, 0.15) is 4.75 Å². The highest BCUT2D eigenvalue weighted by atomic mass is 32.2. The summed E-state index contributed by atoms with van der Waals surface area (Å²) in [6.07, 6.45) is 3.27. The van der Waals surface area contributed by atoms with E-state index in [0.717, 1.165) is 12.8 Å². The van der Waals surface area contributed by atoms with E-state index in [1.807, 2.05) is 12.1 Å². The van der Waals surface area contributed by atoms with Crippen LogP contribution in [0.1, 0.15) is 30.9 Å². The molecule has 1 fully saturated rings. The van der Waals surface area contributed by atoms with E-state index >= 15 is 0 Å². The van der Waals surface area contributed by atoms with Gasteiger partial charge < -0.3 is 4.74 Å². The van der Waals surface area contributed by atoms with E-state index in [1.165, 1.54) is 11.1 Å². The maximum Gasteiger partial charge on any atom is 0.219 e. The van der Waals surface area contributed by atoms with Crippen LogP contribution in [0.4, 0.5) is 0 Å². The summed E-state index contributed by atoms with van der Waals surface area (Å²) >= 11 is 0. The summed E-state index contributed by atoms with van der Waals surface area (Å²) < 4.78 is 32.2. The van der Waals surface area contributed by atoms with Crippen molar-refractivity contribution in [3.63, 3.8) is 0 Å². The first kappa shape index (κ1) is 15.0. The molecule has 0 bridgehead atoms. The number of hydrogen-bond acceptors (Lipinski definition) is 3. The fourth-order valence-electron chi connectivity index (χ4n) is 3.32. The van der Waals surface area contributed by atoms with Crippen molar-refractivity contribution in [2.24, 2.45) is 5.41 Å². The van der Waals surface area contributed by atoms with Gasteiger partial charge in [-0.1, -0.05) is 31.2 Å². The van der Waals surface area contributed by atoms with Crippen LogP contribution in [0, 0.1) is 5.41 Å². The fraction of sp³-hybridized carbons (Fsp3) is 0.625. The van der Waals surface area contributed by atoms with Crippen LogP contribution < -0.4 is 4.72 Å². The molecule has 5 heteroatoms. The minimum Gasteiger partial charge on any atom is -0.383 e. The van der Waals surface area contributed by atoms with Crippen molar-refractivity contribution in [2.45, 2.75) is 37.4 Å². The zero-order valence-electron chi connectivity index (χ0n) is 12.7. The van der Waals surface area contributed by atoms with Crippen molar-refractivity contribution < 1.29 is 13.2 Å². The minimum atomic E-state index is -3.30. The van der Waals surface area contributed by atoms with Gasteiger partial charge in [0.25, 0.3) is 0 Å². The van der Waals surface area contributed by atoms with Crippen LogP contribution in [-0.4, -0.2) is 33.4 Å². The van der Waals surface area contributed by atoms with Crippen molar-refractivity contribution in [3.05, 3.63) is 35.4 Å². The van der Waals surface area contributed by atoms with E-state index < -0.39 is 14.8 Å². The monoisotopic (exact) mass is 309 g/mol. The molecule has 0 unspecified atom stereocenters. The number of fused-ring (bicyclic) bond motifs is 1. The molecule has 116 valence electrons. The second-order valence-electron chi connectivity index (χ2n) is 6.87. The Morgan fingerprint density at radius 3 is 2.24 bits per heavy atom. The molecule has 0 heterocycles. The Hall–Kier alpha value is -0.910. The van der Waals surface area contributed by atoms with Gasteiger partial charge >= 0.3 is 0 Å². The van der Waals surface area contributed by atoms with Crippen LogP contribution >= 0.6 is 0 Å². The van der Waals surface area contributed by atoms with Gasteiger partial charge in [0.05, 0.1) is 6.61 Å². The lowest BCUT2D eigenvalue weighted by molar-refractivity contribution is 0.191. The minimum absolute atomic E-state index is 0.0279. The van der Waals surface area contributed by atoms with Crippen molar-refractivity contribution in [1.82, 2.24) is 4.72 Å². The molecule has 1 N–H and O–H groups in total. The summed E-state index contributed by atoms with van der Waals surface area (Å²) in [5.74, 6) is 0. The van der Waals surface area contributed by atoms with E-state index in [4.69, 9.17) is 4.74 Å². The largest absolute Gasteiger partial charge is 0.383 e. The van der Waals surface area contributed by atoms with Gasteiger partial charge in [-0.2, -0.15) is 0 Å². The van der Waals surface area contributed by atoms with Crippen molar-refractivity contribution in [3.8, 4) is 0 Å². The molecular formula is C16H23NO3S. The van der Waals surface area contributed by atoms with Gasteiger partial charge in [0.2, 0.25) is 10.0 Å². The number of ether oxygens (including phenoxy) is 1. The third-order valence-electron chi connectivity index (χ3n) is 4.83. The molecule has 0 atom stereocenters. The number of rotatable bonds is 6. The van der Waals surface area contributed by atoms with Gasteiger partial charge in [-0.05, 0) is 42.2 Å².